The maximum atomic E-state index is 12.9. The topological polar surface area (TPSA) is 94.8 Å². The van der Waals surface area contributed by atoms with E-state index in [1.807, 2.05) is 0 Å². The third kappa shape index (κ3) is 3.66. The monoisotopic (exact) mass is 524 g/mol. The summed E-state index contributed by atoms with van der Waals surface area (Å²) in [6.07, 6.45) is 11.4. The molecule has 0 aromatic carbocycles. The van der Waals surface area contributed by atoms with Gasteiger partial charge in [0.25, 0.3) is 0 Å². The zero-order valence-corrected chi connectivity index (χ0v) is 24.3. The number of carboxylic acids is 2. The van der Waals surface area contributed by atoms with E-state index in [0.29, 0.717) is 18.3 Å². The molecule has 210 valence electrons. The molecule has 0 aliphatic heterocycles. The third-order valence-corrected chi connectivity index (χ3v) is 12.7. The van der Waals surface area contributed by atoms with Crippen LogP contribution >= 0.6 is 0 Å². The first-order chi connectivity index (χ1) is 17.7. The zero-order chi connectivity index (χ0) is 27.9. The van der Waals surface area contributed by atoms with Crippen molar-refractivity contribution in [1.29, 1.82) is 0 Å². The van der Waals surface area contributed by atoms with Gasteiger partial charge in [-0.25, -0.2) is 0 Å². The van der Waals surface area contributed by atoms with Crippen molar-refractivity contribution in [3.63, 3.8) is 0 Å². The Morgan fingerprint density at radius 1 is 0.974 bits per heavy atom. The number of fused-ring (bicyclic) bond motifs is 2. The van der Waals surface area contributed by atoms with Gasteiger partial charge in [0.1, 0.15) is 0 Å². The van der Waals surface area contributed by atoms with E-state index in [9.17, 15) is 24.9 Å². The molecule has 0 bridgehead atoms. The van der Waals surface area contributed by atoms with Crippen molar-refractivity contribution in [3.05, 3.63) is 34.9 Å². The number of allylic oxidation sites excluding steroid dienone is 5. The Bertz CT molecular complexity index is 1110. The van der Waals surface area contributed by atoms with E-state index in [1.165, 1.54) is 11.1 Å². The first-order valence-electron chi connectivity index (χ1n) is 14.9. The minimum absolute atomic E-state index is 0.0831. The highest BCUT2D eigenvalue weighted by Gasteiger charge is 2.68. The van der Waals surface area contributed by atoms with E-state index in [4.69, 9.17) is 0 Å². The van der Waals surface area contributed by atoms with Gasteiger partial charge in [-0.2, -0.15) is 0 Å². The molecule has 5 heteroatoms. The van der Waals surface area contributed by atoms with Crippen LogP contribution in [-0.2, 0) is 9.59 Å². The molecule has 2 fully saturated rings. The molecule has 0 spiro atoms. The van der Waals surface area contributed by atoms with Crippen LogP contribution in [0.5, 0.6) is 0 Å². The molecule has 3 N–H and O–H groups in total. The lowest BCUT2D eigenvalue weighted by Gasteiger charge is -2.59. The number of carbonyl (C=O) groups is 2. The van der Waals surface area contributed by atoms with Crippen molar-refractivity contribution < 1.29 is 24.9 Å². The SMILES string of the molecule is CC(C)[C@@H](C)/C=C/[C@@H](C)[C@@]1(C)C[C@H]2C3=C4[C@@H](C=C5C[C@@H](O)CC[C@]5(C)[C@H]4CC[C@@]31C)[C@H](C(=O)O)[C@H]2C(=O)O. The number of hydrogen-bond donors (Lipinski definition) is 3. The molecule has 11 atom stereocenters. The van der Waals surface area contributed by atoms with Crippen molar-refractivity contribution >= 4 is 11.9 Å². The number of hydrogen-bond acceptors (Lipinski definition) is 3. The molecule has 5 rings (SSSR count). The highest BCUT2D eigenvalue weighted by molar-refractivity contribution is 5.83. The number of aliphatic hydroxyl groups is 1. The van der Waals surface area contributed by atoms with Crippen LogP contribution in [0.3, 0.4) is 0 Å². The second kappa shape index (κ2) is 9.08. The van der Waals surface area contributed by atoms with Crippen molar-refractivity contribution in [3.8, 4) is 0 Å². The largest absolute Gasteiger partial charge is 0.481 e. The molecule has 5 aliphatic carbocycles. The minimum Gasteiger partial charge on any atom is -0.481 e. The van der Waals surface area contributed by atoms with Crippen LogP contribution in [0.15, 0.2) is 34.9 Å². The molecular formula is C33H48O5. The molecule has 0 aromatic rings. The molecule has 0 aromatic heterocycles. The van der Waals surface area contributed by atoms with Crippen LogP contribution in [0, 0.1) is 63.6 Å². The fourth-order valence-corrected chi connectivity index (χ4v) is 9.66. The fraction of sp³-hybridized carbons (Fsp3) is 0.758. The van der Waals surface area contributed by atoms with E-state index in [1.54, 1.807) is 0 Å². The molecule has 38 heavy (non-hydrogen) atoms. The van der Waals surface area contributed by atoms with Crippen molar-refractivity contribution in [2.45, 2.75) is 93.1 Å². The second-order valence-corrected chi connectivity index (χ2v) is 14.6. The van der Waals surface area contributed by atoms with Crippen LogP contribution in [0.4, 0.5) is 0 Å². The summed E-state index contributed by atoms with van der Waals surface area (Å²) in [4.78, 5) is 25.8. The summed E-state index contributed by atoms with van der Waals surface area (Å²) < 4.78 is 0. The van der Waals surface area contributed by atoms with Crippen LogP contribution in [0.2, 0.25) is 0 Å². The summed E-state index contributed by atoms with van der Waals surface area (Å²) in [5, 5.41) is 31.6. The fourth-order valence-electron chi connectivity index (χ4n) is 9.66. The normalized spacial score (nSPS) is 45.4. The Morgan fingerprint density at radius 2 is 1.63 bits per heavy atom. The van der Waals surface area contributed by atoms with Gasteiger partial charge in [-0.1, -0.05) is 83.4 Å². The second-order valence-electron chi connectivity index (χ2n) is 14.6. The quantitative estimate of drug-likeness (QED) is 0.335. The summed E-state index contributed by atoms with van der Waals surface area (Å²) in [6, 6.07) is 0. The number of carboxylic acid groups (broad SMARTS) is 2. The van der Waals surface area contributed by atoms with Crippen molar-refractivity contribution in [1.82, 2.24) is 0 Å². The van der Waals surface area contributed by atoms with Crippen LogP contribution in [-0.4, -0.2) is 33.4 Å². The average Bonchev–Trinajstić information content (AvgIpc) is 3.08. The van der Waals surface area contributed by atoms with Gasteiger partial charge in [0.05, 0.1) is 17.9 Å². The van der Waals surface area contributed by atoms with E-state index >= 15 is 0 Å². The first kappa shape index (κ1) is 27.7. The molecule has 0 saturated heterocycles. The molecular weight excluding hydrogens is 476 g/mol. The predicted molar refractivity (Wildman–Crippen MR) is 148 cm³/mol. The standard InChI is InChI=1S/C33H48O5/c1-17(2)18(3)8-9-19(4)33(7)16-23-27(30(37)38)26(29(35)36)22-15-20-14-21(34)10-12-31(20,5)24-11-13-32(33,6)28(23)25(22)24/h8-9,15,17-19,21-24,26-27,34H,10-14,16H2,1-7H3,(H,35,36)(H,37,38)/b9-8+/t18-,19+,21-,22+,23+,24-,26-,27-,31-,32-,33+/m0/s1. The summed E-state index contributed by atoms with van der Waals surface area (Å²) in [7, 11) is 0. The minimum atomic E-state index is -0.996. The highest BCUT2D eigenvalue weighted by Crippen LogP contribution is 2.74. The number of aliphatic carboxylic acids is 2. The van der Waals surface area contributed by atoms with Crippen molar-refractivity contribution in [2.75, 3.05) is 0 Å². The molecule has 0 heterocycles. The van der Waals surface area contributed by atoms with Crippen LogP contribution < -0.4 is 0 Å². The first-order valence-corrected chi connectivity index (χ1v) is 14.9. The van der Waals surface area contributed by atoms with E-state index < -0.39 is 35.8 Å². The smallest absolute Gasteiger partial charge is 0.308 e. The number of aliphatic hydroxyl groups excluding tert-OH is 1. The maximum Gasteiger partial charge on any atom is 0.308 e. The maximum absolute atomic E-state index is 12.9. The van der Waals surface area contributed by atoms with Gasteiger partial charge in [0.2, 0.25) is 0 Å². The Hall–Kier alpha value is -1.88. The Labute approximate surface area is 228 Å². The molecule has 0 amide bonds. The van der Waals surface area contributed by atoms with Gasteiger partial charge in [-0.05, 0) is 84.4 Å². The lowest BCUT2D eigenvalue weighted by atomic mass is 9.45. The zero-order valence-electron chi connectivity index (χ0n) is 24.3. The van der Waals surface area contributed by atoms with Gasteiger partial charge < -0.3 is 15.3 Å². The molecule has 0 radical (unpaired) electrons. The van der Waals surface area contributed by atoms with E-state index in [0.717, 1.165) is 37.7 Å². The Morgan fingerprint density at radius 3 is 2.24 bits per heavy atom. The molecule has 0 unspecified atom stereocenters. The highest BCUT2D eigenvalue weighted by atomic mass is 16.4. The summed E-state index contributed by atoms with van der Waals surface area (Å²) in [5.41, 5.74) is 3.32. The van der Waals surface area contributed by atoms with Crippen LogP contribution in [0.1, 0.15) is 87.0 Å². The number of rotatable bonds is 6. The summed E-state index contributed by atoms with van der Waals surface area (Å²) in [6.45, 7) is 16.0. The van der Waals surface area contributed by atoms with Crippen LogP contribution in [0.25, 0.3) is 0 Å². The van der Waals surface area contributed by atoms with Gasteiger partial charge in [0.15, 0.2) is 0 Å². The predicted octanol–water partition coefficient (Wildman–Crippen LogP) is 6.73. The van der Waals surface area contributed by atoms with Gasteiger partial charge in [-0.15, -0.1) is 0 Å². The summed E-state index contributed by atoms with van der Waals surface area (Å²) in [5.74, 6) is -3.02. The lowest BCUT2D eigenvalue weighted by molar-refractivity contribution is -0.158. The average molecular weight is 525 g/mol. The van der Waals surface area contributed by atoms with E-state index in [2.05, 4.69) is 66.7 Å². The van der Waals surface area contributed by atoms with Gasteiger partial charge in [-0.3, -0.25) is 9.59 Å². The van der Waals surface area contributed by atoms with Gasteiger partial charge >= 0.3 is 11.9 Å². The van der Waals surface area contributed by atoms with Crippen molar-refractivity contribution in [2.24, 2.45) is 63.6 Å². The third-order valence-electron chi connectivity index (χ3n) is 12.7. The lowest BCUT2D eigenvalue weighted by Crippen LogP contribution is -2.53. The Balaban J connectivity index is 1.71. The molecule has 5 nitrogen and oxygen atoms in total. The van der Waals surface area contributed by atoms with Gasteiger partial charge in [0, 0.05) is 5.92 Å². The van der Waals surface area contributed by atoms with E-state index in [-0.39, 0.29) is 34.0 Å². The molecule has 2 saturated carbocycles. The molecule has 5 aliphatic rings. The summed E-state index contributed by atoms with van der Waals surface area (Å²) >= 11 is 0. The Kier molecular flexibility index (Phi) is 6.61.